The van der Waals surface area contributed by atoms with Crippen molar-refractivity contribution in [2.24, 2.45) is 11.8 Å². The number of hydrogen-bond donors (Lipinski definition) is 1. The van der Waals surface area contributed by atoms with Gasteiger partial charge in [-0.05, 0) is 36.0 Å². The summed E-state index contributed by atoms with van der Waals surface area (Å²) in [6, 6.07) is 7.45. The Hall–Kier alpha value is -0.530. The molecule has 1 saturated carbocycles. The molecule has 0 radical (unpaired) electrons. The fourth-order valence-corrected chi connectivity index (χ4v) is 1.82. The number of hydrogen-bond acceptors (Lipinski definition) is 1. The summed E-state index contributed by atoms with van der Waals surface area (Å²) in [4.78, 5) is 0. The predicted octanol–water partition coefficient (Wildman–Crippen LogP) is 3.03. The Labute approximate surface area is 83.3 Å². The first-order valence-corrected chi connectivity index (χ1v) is 5.00. The van der Waals surface area contributed by atoms with Gasteiger partial charge in [0.25, 0.3) is 0 Å². The van der Waals surface area contributed by atoms with E-state index in [0.717, 1.165) is 17.0 Å². The lowest BCUT2D eigenvalue weighted by Gasteiger charge is -2.09. The highest BCUT2D eigenvalue weighted by molar-refractivity contribution is 6.30. The summed E-state index contributed by atoms with van der Waals surface area (Å²) in [5.74, 6) is 1.13. The quantitative estimate of drug-likeness (QED) is 0.771. The molecule has 3 unspecified atom stereocenters. The minimum Gasteiger partial charge on any atom is -0.388 e. The van der Waals surface area contributed by atoms with Crippen LogP contribution in [-0.4, -0.2) is 5.11 Å². The molecule has 0 aliphatic heterocycles. The molecule has 1 aliphatic carbocycles. The standard InChI is InChI=1S/C11H13ClO/c1-7-6-10(7)11(13)8-2-4-9(12)5-3-8/h2-5,7,10-11,13H,6H2,1H3. The van der Waals surface area contributed by atoms with E-state index < -0.39 is 0 Å². The van der Waals surface area contributed by atoms with Crippen LogP contribution in [0.5, 0.6) is 0 Å². The fraction of sp³-hybridized carbons (Fsp3) is 0.455. The topological polar surface area (TPSA) is 20.2 Å². The Morgan fingerprint density at radius 2 is 1.92 bits per heavy atom. The largest absolute Gasteiger partial charge is 0.388 e. The molecule has 0 amide bonds. The van der Waals surface area contributed by atoms with Crippen LogP contribution >= 0.6 is 11.6 Å². The molecular weight excluding hydrogens is 184 g/mol. The van der Waals surface area contributed by atoms with Gasteiger partial charge in [0.15, 0.2) is 0 Å². The first-order chi connectivity index (χ1) is 6.18. The lowest BCUT2D eigenvalue weighted by atomic mass is 10.0. The minimum atomic E-state index is -0.299. The van der Waals surface area contributed by atoms with Gasteiger partial charge in [-0.15, -0.1) is 0 Å². The van der Waals surface area contributed by atoms with Gasteiger partial charge in [-0.1, -0.05) is 30.7 Å². The molecule has 1 fully saturated rings. The molecule has 2 rings (SSSR count). The van der Waals surface area contributed by atoms with E-state index in [4.69, 9.17) is 11.6 Å². The molecule has 0 bridgehead atoms. The highest BCUT2D eigenvalue weighted by Gasteiger charge is 2.39. The van der Waals surface area contributed by atoms with Crippen molar-refractivity contribution in [1.82, 2.24) is 0 Å². The Bertz CT molecular complexity index is 293. The summed E-state index contributed by atoms with van der Waals surface area (Å²) in [7, 11) is 0. The van der Waals surface area contributed by atoms with Gasteiger partial charge in [-0.25, -0.2) is 0 Å². The summed E-state index contributed by atoms with van der Waals surface area (Å²) < 4.78 is 0. The second-order valence-corrected chi connectivity index (χ2v) is 4.31. The lowest BCUT2D eigenvalue weighted by Crippen LogP contribution is -2.00. The molecule has 1 N–H and O–H groups in total. The highest BCUT2D eigenvalue weighted by atomic mass is 35.5. The van der Waals surface area contributed by atoms with Crippen LogP contribution in [0.3, 0.4) is 0 Å². The van der Waals surface area contributed by atoms with Crippen molar-refractivity contribution in [2.75, 3.05) is 0 Å². The number of benzene rings is 1. The first kappa shape index (κ1) is 9.04. The zero-order valence-corrected chi connectivity index (χ0v) is 8.33. The second kappa shape index (κ2) is 3.32. The van der Waals surface area contributed by atoms with Crippen LogP contribution in [0.4, 0.5) is 0 Å². The van der Waals surface area contributed by atoms with E-state index in [2.05, 4.69) is 6.92 Å². The van der Waals surface area contributed by atoms with E-state index in [9.17, 15) is 5.11 Å². The fourth-order valence-electron chi connectivity index (χ4n) is 1.70. The van der Waals surface area contributed by atoms with Crippen molar-refractivity contribution >= 4 is 11.6 Å². The summed E-state index contributed by atoms with van der Waals surface area (Å²) in [5.41, 5.74) is 0.985. The lowest BCUT2D eigenvalue weighted by molar-refractivity contribution is 0.148. The Morgan fingerprint density at radius 3 is 2.38 bits per heavy atom. The molecule has 0 saturated heterocycles. The normalized spacial score (nSPS) is 28.5. The van der Waals surface area contributed by atoms with Crippen LogP contribution in [-0.2, 0) is 0 Å². The third-order valence-corrected chi connectivity index (χ3v) is 3.04. The van der Waals surface area contributed by atoms with Crippen molar-refractivity contribution in [3.05, 3.63) is 34.9 Å². The maximum absolute atomic E-state index is 9.88. The maximum atomic E-state index is 9.88. The number of aliphatic hydroxyl groups is 1. The molecule has 2 heteroatoms. The first-order valence-electron chi connectivity index (χ1n) is 4.62. The molecule has 1 aromatic rings. The second-order valence-electron chi connectivity index (χ2n) is 3.87. The van der Waals surface area contributed by atoms with Crippen LogP contribution in [0.2, 0.25) is 5.02 Å². The van der Waals surface area contributed by atoms with Gasteiger partial charge >= 0.3 is 0 Å². The average molecular weight is 197 g/mol. The zero-order chi connectivity index (χ0) is 9.42. The van der Waals surface area contributed by atoms with Crippen molar-refractivity contribution in [1.29, 1.82) is 0 Å². The molecular formula is C11H13ClO. The predicted molar refractivity (Wildman–Crippen MR) is 53.7 cm³/mol. The third kappa shape index (κ3) is 1.87. The molecule has 1 aliphatic rings. The zero-order valence-electron chi connectivity index (χ0n) is 7.57. The molecule has 0 spiro atoms. The molecule has 70 valence electrons. The Morgan fingerprint density at radius 1 is 1.38 bits per heavy atom. The molecule has 1 nitrogen and oxygen atoms in total. The van der Waals surface area contributed by atoms with Crippen LogP contribution in [0.25, 0.3) is 0 Å². The van der Waals surface area contributed by atoms with Gasteiger partial charge in [0.05, 0.1) is 6.10 Å². The van der Waals surface area contributed by atoms with Crippen LogP contribution < -0.4 is 0 Å². The van der Waals surface area contributed by atoms with Gasteiger partial charge in [-0.2, -0.15) is 0 Å². The van der Waals surface area contributed by atoms with E-state index in [1.807, 2.05) is 24.3 Å². The number of rotatable bonds is 2. The summed E-state index contributed by atoms with van der Waals surface area (Å²) >= 11 is 5.76. The van der Waals surface area contributed by atoms with Gasteiger partial charge < -0.3 is 5.11 Å². The molecule has 1 aromatic carbocycles. The Balaban J connectivity index is 2.12. The van der Waals surface area contributed by atoms with E-state index in [0.29, 0.717) is 11.8 Å². The van der Waals surface area contributed by atoms with E-state index in [-0.39, 0.29) is 6.10 Å². The SMILES string of the molecule is CC1CC1C(O)c1ccc(Cl)cc1. The van der Waals surface area contributed by atoms with Crippen molar-refractivity contribution < 1.29 is 5.11 Å². The van der Waals surface area contributed by atoms with Gasteiger partial charge in [0.1, 0.15) is 0 Å². The van der Waals surface area contributed by atoms with E-state index in [1.54, 1.807) is 0 Å². The van der Waals surface area contributed by atoms with Crippen LogP contribution in [0.1, 0.15) is 25.0 Å². The smallest absolute Gasteiger partial charge is 0.0820 e. The van der Waals surface area contributed by atoms with Gasteiger partial charge in [-0.3, -0.25) is 0 Å². The van der Waals surface area contributed by atoms with E-state index in [1.165, 1.54) is 0 Å². The number of aliphatic hydroxyl groups excluding tert-OH is 1. The van der Waals surface area contributed by atoms with Gasteiger partial charge in [0, 0.05) is 5.02 Å². The summed E-state index contributed by atoms with van der Waals surface area (Å²) in [5, 5.41) is 10.6. The summed E-state index contributed by atoms with van der Waals surface area (Å²) in [6.07, 6.45) is 0.844. The molecule has 0 heterocycles. The maximum Gasteiger partial charge on any atom is 0.0820 e. The average Bonchev–Trinajstić information content (AvgIpc) is 2.83. The van der Waals surface area contributed by atoms with Crippen molar-refractivity contribution in [3.63, 3.8) is 0 Å². The van der Waals surface area contributed by atoms with Crippen LogP contribution in [0.15, 0.2) is 24.3 Å². The van der Waals surface area contributed by atoms with Crippen molar-refractivity contribution in [2.45, 2.75) is 19.4 Å². The molecule has 3 atom stereocenters. The number of halogens is 1. The monoisotopic (exact) mass is 196 g/mol. The third-order valence-electron chi connectivity index (χ3n) is 2.79. The Kier molecular flexibility index (Phi) is 2.31. The molecule has 0 aromatic heterocycles. The van der Waals surface area contributed by atoms with Crippen LogP contribution in [0, 0.1) is 11.8 Å². The highest BCUT2D eigenvalue weighted by Crippen LogP contribution is 2.46. The summed E-state index contributed by atoms with van der Waals surface area (Å²) in [6.45, 7) is 2.17. The van der Waals surface area contributed by atoms with Crippen molar-refractivity contribution in [3.8, 4) is 0 Å². The van der Waals surface area contributed by atoms with E-state index >= 15 is 0 Å². The minimum absolute atomic E-state index is 0.299. The molecule has 13 heavy (non-hydrogen) atoms. The van der Waals surface area contributed by atoms with Gasteiger partial charge in [0.2, 0.25) is 0 Å².